The van der Waals surface area contributed by atoms with Crippen LogP contribution in [-0.4, -0.2) is 23.4 Å². The fourth-order valence-electron chi connectivity index (χ4n) is 2.65. The second kappa shape index (κ2) is 5.70. The Labute approximate surface area is 123 Å². The van der Waals surface area contributed by atoms with Gasteiger partial charge in [-0.1, -0.05) is 36.0 Å². The summed E-state index contributed by atoms with van der Waals surface area (Å²) in [6, 6.07) is 5.31. The Morgan fingerprint density at radius 2 is 1.79 bits per heavy atom. The molecule has 0 heterocycles. The molecule has 1 aliphatic carbocycles. The molecule has 104 valence electrons. The van der Waals surface area contributed by atoms with Gasteiger partial charge in [0.1, 0.15) is 0 Å². The molecule has 0 saturated heterocycles. The molecule has 2 rings (SSSR count). The summed E-state index contributed by atoms with van der Waals surface area (Å²) in [5.41, 5.74) is 6.40. The Kier molecular flexibility index (Phi) is 4.39. The van der Waals surface area contributed by atoms with Gasteiger partial charge in [0.2, 0.25) is 5.91 Å². The highest BCUT2D eigenvalue weighted by atomic mass is 35.5. The third-order valence-electron chi connectivity index (χ3n) is 3.61. The number of nitrogens with zero attached hydrogens (tertiary/aromatic N) is 1. The lowest BCUT2D eigenvalue weighted by Crippen LogP contribution is -2.52. The van der Waals surface area contributed by atoms with E-state index in [9.17, 15) is 4.79 Å². The highest BCUT2D eigenvalue weighted by molar-refractivity contribution is 6.34. The average molecular weight is 301 g/mol. The first kappa shape index (κ1) is 14.6. The summed E-state index contributed by atoms with van der Waals surface area (Å²) in [6.07, 6.45) is 3.59. The minimum absolute atomic E-state index is 0.00102. The maximum atomic E-state index is 12.4. The summed E-state index contributed by atoms with van der Waals surface area (Å²) in [7, 11) is 1.77. The van der Waals surface area contributed by atoms with Gasteiger partial charge in [-0.05, 0) is 36.6 Å². The quantitative estimate of drug-likeness (QED) is 0.931. The minimum Gasteiger partial charge on any atom is -0.340 e. The van der Waals surface area contributed by atoms with Crippen LogP contribution in [0, 0.1) is 0 Å². The number of rotatable bonds is 3. The van der Waals surface area contributed by atoms with Crippen LogP contribution >= 0.6 is 23.2 Å². The van der Waals surface area contributed by atoms with Gasteiger partial charge in [-0.15, -0.1) is 0 Å². The van der Waals surface area contributed by atoms with Crippen molar-refractivity contribution in [3.8, 4) is 0 Å². The molecule has 0 aliphatic heterocycles. The molecule has 1 aromatic rings. The van der Waals surface area contributed by atoms with Crippen LogP contribution in [-0.2, 0) is 11.3 Å². The summed E-state index contributed by atoms with van der Waals surface area (Å²) in [5.74, 6) is 0.00102. The summed E-state index contributed by atoms with van der Waals surface area (Å²) >= 11 is 11.9. The number of carbonyl (C=O) groups is 1. The monoisotopic (exact) mass is 300 g/mol. The predicted molar refractivity (Wildman–Crippen MR) is 78.3 cm³/mol. The van der Waals surface area contributed by atoms with Crippen molar-refractivity contribution in [3.05, 3.63) is 33.8 Å². The molecule has 1 saturated carbocycles. The van der Waals surface area contributed by atoms with Crippen LogP contribution in [0.2, 0.25) is 10.0 Å². The highest BCUT2D eigenvalue weighted by Gasteiger charge is 2.38. The molecule has 0 radical (unpaired) electrons. The Morgan fingerprint density at radius 3 is 2.32 bits per heavy atom. The number of carbonyl (C=O) groups excluding carboxylic acids is 1. The van der Waals surface area contributed by atoms with Crippen LogP contribution in [0.25, 0.3) is 0 Å². The van der Waals surface area contributed by atoms with Gasteiger partial charge >= 0.3 is 0 Å². The molecule has 0 aromatic heterocycles. The fraction of sp³-hybridized carbons (Fsp3) is 0.500. The van der Waals surface area contributed by atoms with Crippen molar-refractivity contribution in [2.45, 2.75) is 37.8 Å². The zero-order valence-electron chi connectivity index (χ0n) is 11.0. The van der Waals surface area contributed by atoms with E-state index in [2.05, 4.69) is 0 Å². The molecule has 0 bridgehead atoms. The maximum Gasteiger partial charge on any atom is 0.242 e. The van der Waals surface area contributed by atoms with Crippen molar-refractivity contribution in [3.63, 3.8) is 0 Å². The number of hydrogen-bond donors (Lipinski definition) is 1. The number of amides is 1. The van der Waals surface area contributed by atoms with Gasteiger partial charge in [-0.3, -0.25) is 4.79 Å². The van der Waals surface area contributed by atoms with E-state index in [0.29, 0.717) is 16.6 Å². The van der Waals surface area contributed by atoms with Crippen molar-refractivity contribution < 1.29 is 4.79 Å². The van der Waals surface area contributed by atoms with Gasteiger partial charge in [-0.25, -0.2) is 0 Å². The van der Waals surface area contributed by atoms with Crippen molar-refractivity contribution in [1.82, 2.24) is 4.90 Å². The van der Waals surface area contributed by atoms with Crippen LogP contribution in [0.3, 0.4) is 0 Å². The van der Waals surface area contributed by atoms with E-state index >= 15 is 0 Å². The number of halogens is 2. The largest absolute Gasteiger partial charge is 0.340 e. The van der Waals surface area contributed by atoms with Crippen LogP contribution in [0.15, 0.2) is 18.2 Å². The summed E-state index contributed by atoms with van der Waals surface area (Å²) < 4.78 is 0. The van der Waals surface area contributed by atoms with Crippen molar-refractivity contribution in [1.29, 1.82) is 0 Å². The first-order valence-electron chi connectivity index (χ1n) is 6.40. The van der Waals surface area contributed by atoms with Crippen LogP contribution < -0.4 is 5.73 Å². The normalized spacial score (nSPS) is 17.5. The predicted octanol–water partition coefficient (Wildman–Crippen LogP) is 3.22. The molecular formula is C14H18Cl2N2O. The molecule has 1 aliphatic rings. The molecule has 5 heteroatoms. The molecule has 19 heavy (non-hydrogen) atoms. The van der Waals surface area contributed by atoms with E-state index in [1.54, 1.807) is 18.0 Å². The third-order valence-corrected chi connectivity index (χ3v) is 4.05. The Bertz CT molecular complexity index is 464. The zero-order valence-corrected chi connectivity index (χ0v) is 12.5. The Morgan fingerprint density at radius 1 is 1.26 bits per heavy atom. The number of nitrogens with two attached hydrogens (primary N) is 1. The van der Waals surface area contributed by atoms with Crippen molar-refractivity contribution >= 4 is 29.1 Å². The summed E-state index contributed by atoms with van der Waals surface area (Å²) in [4.78, 5) is 14.0. The molecule has 0 spiro atoms. The number of likely N-dealkylation sites (N-methyl/N-ethyl adjacent to an activating group) is 1. The summed E-state index contributed by atoms with van der Waals surface area (Å²) in [6.45, 7) is 0.470. The van der Waals surface area contributed by atoms with Gasteiger partial charge in [0.25, 0.3) is 0 Å². The molecule has 1 aromatic carbocycles. The van der Waals surface area contributed by atoms with E-state index in [1.165, 1.54) is 0 Å². The number of benzene rings is 1. The standard InChI is InChI=1S/C14H18Cl2N2O/c1-18(13(19)14(17)4-2-3-5-14)9-10-6-11(15)8-12(16)7-10/h6-8H,2-5,9,17H2,1H3. The molecule has 3 nitrogen and oxygen atoms in total. The SMILES string of the molecule is CN(Cc1cc(Cl)cc(Cl)c1)C(=O)C1(N)CCCC1. The smallest absolute Gasteiger partial charge is 0.242 e. The minimum atomic E-state index is -0.683. The summed E-state index contributed by atoms with van der Waals surface area (Å²) in [5, 5.41) is 1.15. The lowest BCUT2D eigenvalue weighted by atomic mass is 9.97. The lowest BCUT2D eigenvalue weighted by molar-refractivity contribution is -0.136. The van der Waals surface area contributed by atoms with Gasteiger partial charge < -0.3 is 10.6 Å². The van der Waals surface area contributed by atoms with E-state index in [1.807, 2.05) is 12.1 Å². The van der Waals surface area contributed by atoms with Crippen LogP contribution in [0.4, 0.5) is 0 Å². The maximum absolute atomic E-state index is 12.4. The van der Waals surface area contributed by atoms with E-state index in [4.69, 9.17) is 28.9 Å². The zero-order chi connectivity index (χ0) is 14.0. The van der Waals surface area contributed by atoms with Crippen molar-refractivity contribution in [2.24, 2.45) is 5.73 Å². The third kappa shape index (κ3) is 3.41. The highest BCUT2D eigenvalue weighted by Crippen LogP contribution is 2.29. The van der Waals surface area contributed by atoms with Gasteiger partial charge in [0.15, 0.2) is 0 Å². The molecule has 0 atom stereocenters. The van der Waals surface area contributed by atoms with Crippen LogP contribution in [0.5, 0.6) is 0 Å². The Balaban J connectivity index is 2.08. The van der Waals surface area contributed by atoms with Gasteiger partial charge in [0.05, 0.1) is 5.54 Å². The average Bonchev–Trinajstić information content (AvgIpc) is 2.75. The first-order chi connectivity index (χ1) is 8.90. The number of hydrogen-bond acceptors (Lipinski definition) is 2. The van der Waals surface area contributed by atoms with E-state index < -0.39 is 5.54 Å². The molecule has 0 unspecified atom stereocenters. The lowest BCUT2D eigenvalue weighted by Gasteiger charge is -2.28. The van der Waals surface area contributed by atoms with E-state index in [-0.39, 0.29) is 5.91 Å². The van der Waals surface area contributed by atoms with Gasteiger partial charge in [-0.2, -0.15) is 0 Å². The Hall–Kier alpha value is -0.770. The second-order valence-electron chi connectivity index (χ2n) is 5.30. The van der Waals surface area contributed by atoms with E-state index in [0.717, 1.165) is 31.2 Å². The first-order valence-corrected chi connectivity index (χ1v) is 7.16. The topological polar surface area (TPSA) is 46.3 Å². The fourth-order valence-corrected chi connectivity index (χ4v) is 3.22. The molecule has 1 fully saturated rings. The molecular weight excluding hydrogens is 283 g/mol. The molecule has 1 amide bonds. The van der Waals surface area contributed by atoms with Crippen LogP contribution in [0.1, 0.15) is 31.2 Å². The molecule has 2 N–H and O–H groups in total. The second-order valence-corrected chi connectivity index (χ2v) is 6.18. The van der Waals surface area contributed by atoms with Gasteiger partial charge in [0, 0.05) is 23.6 Å². The van der Waals surface area contributed by atoms with Crippen molar-refractivity contribution in [2.75, 3.05) is 7.05 Å².